The number of nitriles is 1. The van der Waals surface area contributed by atoms with Gasteiger partial charge in [0.2, 0.25) is 5.88 Å². The molecule has 4 heteroatoms. The van der Waals surface area contributed by atoms with E-state index in [1.807, 2.05) is 6.07 Å². The van der Waals surface area contributed by atoms with Crippen molar-refractivity contribution >= 4 is 0 Å². The van der Waals surface area contributed by atoms with Gasteiger partial charge in [-0.05, 0) is 24.7 Å². The van der Waals surface area contributed by atoms with Crippen LogP contribution < -0.4 is 4.74 Å². The molecule has 0 radical (unpaired) electrons. The van der Waals surface area contributed by atoms with Crippen LogP contribution in [-0.2, 0) is 0 Å². The molecule has 0 bridgehead atoms. The average Bonchev–Trinajstić information content (AvgIpc) is 2.37. The second-order valence-electron chi connectivity index (χ2n) is 4.80. The van der Waals surface area contributed by atoms with Crippen LogP contribution in [0.3, 0.4) is 0 Å². The molecule has 0 aromatic carbocycles. The summed E-state index contributed by atoms with van der Waals surface area (Å²) in [5.74, 6) is 1.80. The molecular formula is C13H17N3O. The molecule has 2 atom stereocenters. The van der Waals surface area contributed by atoms with Crippen molar-refractivity contribution in [3.63, 3.8) is 0 Å². The summed E-state index contributed by atoms with van der Waals surface area (Å²) in [6.45, 7) is 2.95. The fourth-order valence-electron chi connectivity index (χ4n) is 2.42. The van der Waals surface area contributed by atoms with Gasteiger partial charge in [-0.3, -0.25) is 0 Å². The van der Waals surface area contributed by atoms with Crippen LogP contribution in [0.5, 0.6) is 5.88 Å². The van der Waals surface area contributed by atoms with Crippen LogP contribution in [0, 0.1) is 23.2 Å². The first-order chi connectivity index (χ1) is 8.29. The summed E-state index contributed by atoms with van der Waals surface area (Å²) in [7, 11) is 0. The van der Waals surface area contributed by atoms with Crippen molar-refractivity contribution in [3.05, 3.63) is 18.1 Å². The molecule has 4 nitrogen and oxygen atoms in total. The Morgan fingerprint density at radius 2 is 2.41 bits per heavy atom. The Balaban J connectivity index is 1.91. The lowest BCUT2D eigenvalue weighted by Crippen LogP contribution is -2.20. The minimum Gasteiger partial charge on any atom is -0.476 e. The summed E-state index contributed by atoms with van der Waals surface area (Å²) in [5, 5.41) is 8.89. The van der Waals surface area contributed by atoms with E-state index < -0.39 is 0 Å². The third-order valence-corrected chi connectivity index (χ3v) is 3.30. The molecule has 1 aliphatic carbocycles. The summed E-state index contributed by atoms with van der Waals surface area (Å²) in [6, 6.07) is 2.04. The van der Waals surface area contributed by atoms with Crippen LogP contribution in [0.2, 0.25) is 0 Å². The van der Waals surface area contributed by atoms with E-state index in [4.69, 9.17) is 10.00 Å². The van der Waals surface area contributed by atoms with E-state index in [2.05, 4.69) is 16.9 Å². The average molecular weight is 231 g/mol. The van der Waals surface area contributed by atoms with Crippen molar-refractivity contribution < 1.29 is 4.74 Å². The lowest BCUT2D eigenvalue weighted by Gasteiger charge is -2.26. The quantitative estimate of drug-likeness (QED) is 0.802. The van der Waals surface area contributed by atoms with Gasteiger partial charge in [0.1, 0.15) is 18.0 Å². The predicted octanol–water partition coefficient (Wildman–Crippen LogP) is 2.55. The fourth-order valence-corrected chi connectivity index (χ4v) is 2.42. The number of nitrogens with zero attached hydrogens (tertiary/aromatic N) is 3. The van der Waals surface area contributed by atoms with E-state index in [9.17, 15) is 0 Å². The molecule has 0 aliphatic heterocycles. The Morgan fingerprint density at radius 3 is 3.18 bits per heavy atom. The molecule has 0 N–H and O–H groups in total. The van der Waals surface area contributed by atoms with Crippen molar-refractivity contribution in [2.75, 3.05) is 6.61 Å². The van der Waals surface area contributed by atoms with Crippen LogP contribution in [-0.4, -0.2) is 16.6 Å². The van der Waals surface area contributed by atoms with E-state index in [1.54, 1.807) is 0 Å². The Labute approximate surface area is 102 Å². The number of aromatic nitrogens is 2. The molecule has 17 heavy (non-hydrogen) atoms. The maximum absolute atomic E-state index is 8.89. The van der Waals surface area contributed by atoms with Crippen LogP contribution in [0.25, 0.3) is 0 Å². The predicted molar refractivity (Wildman–Crippen MR) is 63.4 cm³/mol. The highest BCUT2D eigenvalue weighted by molar-refractivity contribution is 5.34. The SMILES string of the molecule is CC1CCCC(COc2ncncc2C#N)C1. The maximum atomic E-state index is 8.89. The van der Waals surface area contributed by atoms with Gasteiger partial charge in [0, 0.05) is 0 Å². The normalized spacial score (nSPS) is 24.0. The highest BCUT2D eigenvalue weighted by Gasteiger charge is 2.19. The first-order valence-electron chi connectivity index (χ1n) is 6.12. The summed E-state index contributed by atoms with van der Waals surface area (Å²) in [5.41, 5.74) is 0.413. The van der Waals surface area contributed by atoms with Crippen molar-refractivity contribution in [2.24, 2.45) is 11.8 Å². The molecular weight excluding hydrogens is 214 g/mol. The zero-order valence-corrected chi connectivity index (χ0v) is 10.1. The van der Waals surface area contributed by atoms with E-state index in [-0.39, 0.29) is 0 Å². The highest BCUT2D eigenvalue weighted by Crippen LogP contribution is 2.29. The maximum Gasteiger partial charge on any atom is 0.234 e. The van der Waals surface area contributed by atoms with Crippen molar-refractivity contribution in [1.82, 2.24) is 9.97 Å². The molecule has 2 rings (SSSR count). The lowest BCUT2D eigenvalue weighted by atomic mass is 9.83. The monoisotopic (exact) mass is 231 g/mol. The second-order valence-corrected chi connectivity index (χ2v) is 4.80. The minimum absolute atomic E-state index is 0.413. The molecule has 1 fully saturated rings. The van der Waals surface area contributed by atoms with E-state index in [0.717, 1.165) is 5.92 Å². The molecule has 1 heterocycles. The third-order valence-electron chi connectivity index (χ3n) is 3.30. The molecule has 1 aromatic heterocycles. The van der Waals surface area contributed by atoms with Gasteiger partial charge in [-0.2, -0.15) is 5.26 Å². The molecule has 2 unspecified atom stereocenters. The molecule has 1 aliphatic rings. The number of ether oxygens (including phenoxy) is 1. The molecule has 0 amide bonds. The van der Waals surface area contributed by atoms with Crippen LogP contribution in [0.1, 0.15) is 38.2 Å². The summed E-state index contributed by atoms with van der Waals surface area (Å²) in [6.07, 6.45) is 7.95. The third kappa shape index (κ3) is 3.16. The van der Waals surface area contributed by atoms with Gasteiger partial charge in [0.05, 0.1) is 12.8 Å². The second kappa shape index (κ2) is 5.62. The number of hydrogen-bond acceptors (Lipinski definition) is 4. The van der Waals surface area contributed by atoms with Gasteiger partial charge in [-0.1, -0.05) is 19.8 Å². The van der Waals surface area contributed by atoms with Gasteiger partial charge >= 0.3 is 0 Å². The highest BCUT2D eigenvalue weighted by atomic mass is 16.5. The van der Waals surface area contributed by atoms with Crippen LogP contribution in [0.4, 0.5) is 0 Å². The number of hydrogen-bond donors (Lipinski definition) is 0. The van der Waals surface area contributed by atoms with E-state index in [1.165, 1.54) is 38.2 Å². The lowest BCUT2D eigenvalue weighted by molar-refractivity contribution is 0.177. The van der Waals surface area contributed by atoms with Crippen molar-refractivity contribution in [3.8, 4) is 11.9 Å². The molecule has 1 saturated carbocycles. The number of rotatable bonds is 3. The molecule has 90 valence electrons. The smallest absolute Gasteiger partial charge is 0.234 e. The van der Waals surface area contributed by atoms with Crippen molar-refractivity contribution in [2.45, 2.75) is 32.6 Å². The largest absolute Gasteiger partial charge is 0.476 e. The summed E-state index contributed by atoms with van der Waals surface area (Å²) >= 11 is 0. The van der Waals surface area contributed by atoms with Gasteiger partial charge in [-0.25, -0.2) is 9.97 Å². The standard InChI is InChI=1S/C13H17N3O/c1-10-3-2-4-11(5-10)8-17-13-12(6-14)7-15-9-16-13/h7,9-11H,2-5,8H2,1H3. The Kier molecular flexibility index (Phi) is 3.92. The Morgan fingerprint density at radius 1 is 1.53 bits per heavy atom. The zero-order chi connectivity index (χ0) is 12.1. The zero-order valence-electron chi connectivity index (χ0n) is 10.1. The van der Waals surface area contributed by atoms with Gasteiger partial charge in [0.15, 0.2) is 0 Å². The van der Waals surface area contributed by atoms with Crippen LogP contribution in [0.15, 0.2) is 12.5 Å². The van der Waals surface area contributed by atoms with Crippen molar-refractivity contribution in [1.29, 1.82) is 5.26 Å². The fraction of sp³-hybridized carbons (Fsp3) is 0.615. The summed E-state index contributed by atoms with van der Waals surface area (Å²) in [4.78, 5) is 7.81. The first kappa shape index (κ1) is 11.8. The van der Waals surface area contributed by atoms with Gasteiger partial charge in [-0.15, -0.1) is 0 Å². The molecule has 0 saturated heterocycles. The topological polar surface area (TPSA) is 58.8 Å². The summed E-state index contributed by atoms with van der Waals surface area (Å²) < 4.78 is 5.64. The Hall–Kier alpha value is -1.63. The van der Waals surface area contributed by atoms with E-state index in [0.29, 0.717) is 24.0 Å². The van der Waals surface area contributed by atoms with Gasteiger partial charge < -0.3 is 4.74 Å². The molecule has 1 aromatic rings. The first-order valence-corrected chi connectivity index (χ1v) is 6.12. The minimum atomic E-state index is 0.413. The van der Waals surface area contributed by atoms with Crippen LogP contribution >= 0.6 is 0 Å². The Bertz CT molecular complexity index is 413. The molecule has 0 spiro atoms. The van der Waals surface area contributed by atoms with E-state index >= 15 is 0 Å². The van der Waals surface area contributed by atoms with Gasteiger partial charge in [0.25, 0.3) is 0 Å².